The van der Waals surface area contributed by atoms with E-state index < -0.39 is 6.10 Å². The van der Waals surface area contributed by atoms with Crippen LogP contribution >= 0.6 is 49.9 Å². The molecule has 0 aliphatic carbocycles. The Hall–Kier alpha value is 0.0900. The van der Waals surface area contributed by atoms with Gasteiger partial charge in [-0.15, -0.1) is 11.3 Å². The summed E-state index contributed by atoms with van der Waals surface area (Å²) in [7, 11) is 0. The molecule has 84 valence electrons. The van der Waals surface area contributed by atoms with E-state index in [1.807, 2.05) is 36.4 Å². The smallest absolute Gasteiger partial charge is 0.0838 e. The molecule has 2 aromatic rings. The first-order valence-corrected chi connectivity index (χ1v) is 7.52. The molecule has 1 atom stereocenters. The SMILES string of the molecule is OC(Cc1ccc(Br)s1)c1ccc(I)cc1. The van der Waals surface area contributed by atoms with Gasteiger partial charge < -0.3 is 5.11 Å². The van der Waals surface area contributed by atoms with Crippen LogP contribution in [0.2, 0.25) is 0 Å². The molecule has 0 saturated heterocycles. The molecule has 0 saturated carbocycles. The summed E-state index contributed by atoms with van der Waals surface area (Å²) in [5.74, 6) is 0. The van der Waals surface area contributed by atoms with E-state index >= 15 is 0 Å². The maximum absolute atomic E-state index is 10.1. The molecule has 0 amide bonds. The second-order valence-electron chi connectivity index (χ2n) is 3.48. The monoisotopic (exact) mass is 408 g/mol. The number of hydrogen-bond donors (Lipinski definition) is 1. The first kappa shape index (κ1) is 12.5. The Morgan fingerprint density at radius 2 is 1.88 bits per heavy atom. The van der Waals surface area contributed by atoms with E-state index in [2.05, 4.69) is 38.5 Å². The van der Waals surface area contributed by atoms with Gasteiger partial charge in [0, 0.05) is 14.9 Å². The molecule has 1 N–H and O–H groups in total. The zero-order valence-corrected chi connectivity index (χ0v) is 12.9. The predicted octanol–water partition coefficient (Wildman–Crippen LogP) is 4.39. The van der Waals surface area contributed by atoms with Crippen molar-refractivity contribution in [3.63, 3.8) is 0 Å². The van der Waals surface area contributed by atoms with Gasteiger partial charge in [0.25, 0.3) is 0 Å². The third-order valence-electron chi connectivity index (χ3n) is 2.28. The lowest BCUT2D eigenvalue weighted by atomic mass is 10.1. The van der Waals surface area contributed by atoms with Crippen molar-refractivity contribution in [3.8, 4) is 0 Å². The van der Waals surface area contributed by atoms with Gasteiger partial charge in [-0.2, -0.15) is 0 Å². The Morgan fingerprint density at radius 1 is 1.19 bits per heavy atom. The normalized spacial score (nSPS) is 12.7. The van der Waals surface area contributed by atoms with Crippen LogP contribution < -0.4 is 0 Å². The van der Waals surface area contributed by atoms with Gasteiger partial charge >= 0.3 is 0 Å². The highest BCUT2D eigenvalue weighted by Gasteiger charge is 2.09. The van der Waals surface area contributed by atoms with Gasteiger partial charge in [0.2, 0.25) is 0 Å². The summed E-state index contributed by atoms with van der Waals surface area (Å²) in [4.78, 5) is 1.19. The molecule has 0 bridgehead atoms. The van der Waals surface area contributed by atoms with Crippen LogP contribution in [0.3, 0.4) is 0 Å². The van der Waals surface area contributed by atoms with E-state index in [9.17, 15) is 5.11 Å². The lowest BCUT2D eigenvalue weighted by Crippen LogP contribution is -2.00. The van der Waals surface area contributed by atoms with Gasteiger partial charge in [0.15, 0.2) is 0 Å². The highest BCUT2D eigenvalue weighted by Crippen LogP contribution is 2.27. The fourth-order valence-electron chi connectivity index (χ4n) is 1.45. The molecule has 1 aromatic heterocycles. The van der Waals surface area contributed by atoms with E-state index in [-0.39, 0.29) is 0 Å². The van der Waals surface area contributed by atoms with Crippen molar-refractivity contribution in [2.45, 2.75) is 12.5 Å². The van der Waals surface area contributed by atoms with Crippen LogP contribution in [-0.4, -0.2) is 5.11 Å². The Morgan fingerprint density at radius 3 is 2.44 bits per heavy atom. The number of aliphatic hydroxyl groups is 1. The van der Waals surface area contributed by atoms with Crippen molar-refractivity contribution in [1.82, 2.24) is 0 Å². The Kier molecular flexibility index (Phi) is 4.41. The number of benzene rings is 1. The van der Waals surface area contributed by atoms with Crippen molar-refractivity contribution < 1.29 is 5.11 Å². The van der Waals surface area contributed by atoms with Crippen LogP contribution in [0, 0.1) is 3.57 Å². The van der Waals surface area contributed by atoms with Crippen molar-refractivity contribution in [2.75, 3.05) is 0 Å². The fraction of sp³-hybridized carbons (Fsp3) is 0.167. The minimum Gasteiger partial charge on any atom is -0.388 e. The average Bonchev–Trinajstić information content (AvgIpc) is 2.65. The molecule has 0 fully saturated rings. The quantitative estimate of drug-likeness (QED) is 0.746. The third kappa shape index (κ3) is 3.29. The average molecular weight is 409 g/mol. The number of halogens is 2. The van der Waals surface area contributed by atoms with Gasteiger partial charge in [-0.25, -0.2) is 0 Å². The zero-order chi connectivity index (χ0) is 11.5. The highest BCUT2D eigenvalue weighted by molar-refractivity contribution is 14.1. The molecule has 1 aromatic carbocycles. The van der Waals surface area contributed by atoms with E-state index in [4.69, 9.17) is 0 Å². The molecule has 4 heteroatoms. The maximum atomic E-state index is 10.1. The summed E-state index contributed by atoms with van der Waals surface area (Å²) in [6, 6.07) is 12.1. The predicted molar refractivity (Wildman–Crippen MR) is 79.8 cm³/mol. The Balaban J connectivity index is 2.08. The van der Waals surface area contributed by atoms with E-state index in [0.717, 1.165) is 9.35 Å². The van der Waals surface area contributed by atoms with Crippen molar-refractivity contribution in [3.05, 3.63) is 54.2 Å². The summed E-state index contributed by atoms with van der Waals surface area (Å²) in [6.45, 7) is 0. The molecule has 0 spiro atoms. The van der Waals surface area contributed by atoms with Crippen LogP contribution in [0.1, 0.15) is 16.5 Å². The van der Waals surface area contributed by atoms with Crippen molar-refractivity contribution >= 4 is 49.9 Å². The zero-order valence-electron chi connectivity index (χ0n) is 8.36. The Bertz CT molecular complexity index is 466. The third-order valence-corrected chi connectivity index (χ3v) is 4.64. The highest BCUT2D eigenvalue weighted by atomic mass is 127. The van der Waals surface area contributed by atoms with Crippen molar-refractivity contribution in [2.24, 2.45) is 0 Å². The van der Waals surface area contributed by atoms with Crippen LogP contribution in [0.5, 0.6) is 0 Å². The standard InChI is InChI=1S/C12H10BrIOS/c13-12-6-5-10(16-12)7-11(15)8-1-3-9(14)4-2-8/h1-6,11,15H,7H2. The number of thiophene rings is 1. The van der Waals surface area contributed by atoms with Gasteiger partial charge in [-0.1, -0.05) is 12.1 Å². The minimum absolute atomic E-state index is 0.414. The van der Waals surface area contributed by atoms with Gasteiger partial charge in [-0.3, -0.25) is 0 Å². The summed E-state index contributed by atoms with van der Waals surface area (Å²) >= 11 is 7.35. The van der Waals surface area contributed by atoms with Crippen LogP contribution in [0.25, 0.3) is 0 Å². The summed E-state index contributed by atoms with van der Waals surface area (Å²) < 4.78 is 2.30. The lowest BCUT2D eigenvalue weighted by molar-refractivity contribution is 0.179. The Labute approximate surface area is 121 Å². The molecule has 1 unspecified atom stereocenters. The number of hydrogen-bond acceptors (Lipinski definition) is 2. The van der Waals surface area contributed by atoms with E-state index in [0.29, 0.717) is 6.42 Å². The molecular formula is C12H10BrIOS. The minimum atomic E-state index is -0.414. The second-order valence-corrected chi connectivity index (χ2v) is 7.27. The van der Waals surface area contributed by atoms with E-state index in [1.54, 1.807) is 11.3 Å². The number of rotatable bonds is 3. The molecule has 1 nitrogen and oxygen atoms in total. The first-order chi connectivity index (χ1) is 7.65. The maximum Gasteiger partial charge on any atom is 0.0838 e. The molecule has 1 heterocycles. The molecule has 0 aliphatic rings. The molecule has 2 rings (SSSR count). The van der Waals surface area contributed by atoms with Gasteiger partial charge in [0.1, 0.15) is 0 Å². The second kappa shape index (κ2) is 5.62. The molecule has 0 aliphatic heterocycles. The summed E-state index contributed by atoms with van der Waals surface area (Å²) in [5, 5.41) is 10.1. The van der Waals surface area contributed by atoms with E-state index in [1.165, 1.54) is 8.45 Å². The molecular weight excluding hydrogens is 399 g/mol. The largest absolute Gasteiger partial charge is 0.388 e. The lowest BCUT2D eigenvalue weighted by Gasteiger charge is -2.09. The van der Waals surface area contributed by atoms with Crippen LogP contribution in [0.4, 0.5) is 0 Å². The van der Waals surface area contributed by atoms with Crippen molar-refractivity contribution in [1.29, 1.82) is 0 Å². The van der Waals surface area contributed by atoms with Gasteiger partial charge in [0.05, 0.1) is 9.89 Å². The molecule has 0 radical (unpaired) electrons. The first-order valence-electron chi connectivity index (χ1n) is 4.83. The summed E-state index contributed by atoms with van der Waals surface area (Å²) in [6.07, 6.45) is 0.263. The van der Waals surface area contributed by atoms with Crippen LogP contribution in [-0.2, 0) is 6.42 Å². The fourth-order valence-corrected chi connectivity index (χ4v) is 3.33. The topological polar surface area (TPSA) is 20.2 Å². The van der Waals surface area contributed by atoms with Crippen LogP contribution in [0.15, 0.2) is 40.2 Å². The number of aliphatic hydroxyl groups excluding tert-OH is 1. The van der Waals surface area contributed by atoms with Gasteiger partial charge in [-0.05, 0) is 68.3 Å². The summed E-state index contributed by atoms with van der Waals surface area (Å²) in [5.41, 5.74) is 0.977. The molecule has 16 heavy (non-hydrogen) atoms.